The largest absolute Gasteiger partial charge is 0.417 e. The van der Waals surface area contributed by atoms with Crippen molar-refractivity contribution in [2.75, 3.05) is 5.32 Å². The highest BCUT2D eigenvalue weighted by atomic mass is 32.1. The van der Waals surface area contributed by atoms with Gasteiger partial charge in [-0.05, 0) is 32.0 Å². The van der Waals surface area contributed by atoms with Crippen LogP contribution >= 0.6 is 11.3 Å². The second-order valence-corrected chi connectivity index (χ2v) is 7.51. The number of hydrogen-bond acceptors (Lipinski definition) is 5. The summed E-state index contributed by atoms with van der Waals surface area (Å²) in [6, 6.07) is 5.52. The minimum Gasteiger partial charge on any atom is -0.306 e. The van der Waals surface area contributed by atoms with Crippen molar-refractivity contribution in [2.24, 2.45) is 7.05 Å². The average molecular weight is 420 g/mol. The van der Waals surface area contributed by atoms with Crippen molar-refractivity contribution in [3.05, 3.63) is 52.3 Å². The van der Waals surface area contributed by atoms with E-state index in [0.29, 0.717) is 16.4 Å². The molecule has 29 heavy (non-hydrogen) atoms. The van der Waals surface area contributed by atoms with Crippen LogP contribution in [0, 0.1) is 13.8 Å². The molecule has 7 nitrogen and oxygen atoms in total. The van der Waals surface area contributed by atoms with E-state index in [1.54, 1.807) is 23.7 Å². The van der Waals surface area contributed by atoms with Crippen LogP contribution in [0.3, 0.4) is 0 Å². The number of aryl methyl sites for hydroxylation is 3. The molecule has 0 fully saturated rings. The van der Waals surface area contributed by atoms with Crippen LogP contribution in [0.1, 0.15) is 26.6 Å². The van der Waals surface area contributed by atoms with Crippen molar-refractivity contribution < 1.29 is 18.0 Å². The zero-order chi connectivity index (χ0) is 20.9. The molecule has 0 spiro atoms. The fraction of sp³-hybridized carbons (Fsp3) is 0.222. The summed E-state index contributed by atoms with van der Waals surface area (Å²) in [5.74, 6) is 0.128. The molecule has 0 aliphatic rings. The summed E-state index contributed by atoms with van der Waals surface area (Å²) in [5.41, 5.74) is 0.552. The number of carbonyl (C=O) groups is 1. The fourth-order valence-corrected chi connectivity index (χ4v) is 3.96. The van der Waals surface area contributed by atoms with E-state index in [1.807, 2.05) is 14.0 Å². The highest BCUT2D eigenvalue weighted by Crippen LogP contribution is 2.30. The molecule has 0 unspecified atom stereocenters. The molecule has 0 bridgehead atoms. The van der Waals surface area contributed by atoms with Gasteiger partial charge in [0.25, 0.3) is 5.91 Å². The van der Waals surface area contributed by atoms with Crippen LogP contribution in [0.25, 0.3) is 16.0 Å². The summed E-state index contributed by atoms with van der Waals surface area (Å²) in [7, 11) is 1.81. The van der Waals surface area contributed by atoms with E-state index in [4.69, 9.17) is 0 Å². The summed E-state index contributed by atoms with van der Waals surface area (Å²) in [5, 5.41) is 12.2. The zero-order valence-corrected chi connectivity index (χ0v) is 16.4. The average Bonchev–Trinajstić information content (AvgIpc) is 3.31. The summed E-state index contributed by atoms with van der Waals surface area (Å²) in [4.78, 5) is 17.9. The van der Waals surface area contributed by atoms with Crippen molar-refractivity contribution in [1.82, 2.24) is 24.5 Å². The number of rotatable bonds is 3. The summed E-state index contributed by atoms with van der Waals surface area (Å²) in [6.07, 6.45) is -3.74. The van der Waals surface area contributed by atoms with Crippen LogP contribution in [0.4, 0.5) is 19.0 Å². The number of aromatic nitrogens is 5. The summed E-state index contributed by atoms with van der Waals surface area (Å²) < 4.78 is 41.3. The van der Waals surface area contributed by atoms with Crippen LogP contribution < -0.4 is 5.32 Å². The molecular weight excluding hydrogens is 405 g/mol. The maximum absolute atomic E-state index is 12.8. The van der Waals surface area contributed by atoms with Gasteiger partial charge in [0.1, 0.15) is 10.6 Å². The van der Waals surface area contributed by atoms with Crippen LogP contribution in [-0.2, 0) is 13.2 Å². The summed E-state index contributed by atoms with van der Waals surface area (Å²) in [6.45, 7) is 3.58. The molecule has 11 heteroatoms. The predicted octanol–water partition coefficient (Wildman–Crippen LogP) is 4.10. The first-order valence-corrected chi connectivity index (χ1v) is 9.30. The van der Waals surface area contributed by atoms with Gasteiger partial charge in [0.15, 0.2) is 5.82 Å². The lowest BCUT2D eigenvalue weighted by atomic mass is 10.3. The highest BCUT2D eigenvalue weighted by molar-refractivity contribution is 7.20. The number of alkyl halides is 3. The van der Waals surface area contributed by atoms with Crippen LogP contribution in [0.15, 0.2) is 30.5 Å². The van der Waals surface area contributed by atoms with E-state index >= 15 is 0 Å². The minimum atomic E-state index is -4.48. The van der Waals surface area contributed by atoms with E-state index in [0.717, 1.165) is 28.2 Å². The molecule has 0 aliphatic heterocycles. The van der Waals surface area contributed by atoms with Crippen molar-refractivity contribution in [3.8, 4) is 5.82 Å². The molecule has 0 saturated heterocycles. The number of carbonyl (C=O) groups excluding carboxylic acids is 1. The molecule has 4 aromatic heterocycles. The Morgan fingerprint density at radius 1 is 1.17 bits per heavy atom. The zero-order valence-electron chi connectivity index (χ0n) is 15.6. The SMILES string of the molecule is Cc1cc(NC(=O)c2cc3c(C)nn(C)c3s2)n(-c2ccc(C(F)(F)F)cn2)n1. The minimum absolute atomic E-state index is 0.165. The Labute approximate surface area is 166 Å². The molecule has 1 amide bonds. The number of amides is 1. The Kier molecular flexibility index (Phi) is 4.41. The second kappa shape index (κ2) is 6.69. The first-order valence-electron chi connectivity index (χ1n) is 8.48. The molecule has 0 aromatic carbocycles. The van der Waals surface area contributed by atoms with Gasteiger partial charge in [-0.3, -0.25) is 9.48 Å². The smallest absolute Gasteiger partial charge is 0.306 e. The van der Waals surface area contributed by atoms with Crippen LogP contribution in [0.5, 0.6) is 0 Å². The molecule has 4 rings (SSSR count). The lowest BCUT2D eigenvalue weighted by Crippen LogP contribution is -2.15. The van der Waals surface area contributed by atoms with Gasteiger partial charge in [-0.1, -0.05) is 0 Å². The number of hydrogen-bond donors (Lipinski definition) is 1. The maximum Gasteiger partial charge on any atom is 0.417 e. The highest BCUT2D eigenvalue weighted by Gasteiger charge is 2.31. The van der Waals surface area contributed by atoms with Crippen molar-refractivity contribution in [3.63, 3.8) is 0 Å². The Bertz CT molecular complexity index is 1180. The van der Waals surface area contributed by atoms with E-state index in [9.17, 15) is 18.0 Å². The van der Waals surface area contributed by atoms with Crippen LogP contribution in [-0.4, -0.2) is 30.5 Å². The lowest BCUT2D eigenvalue weighted by molar-refractivity contribution is -0.137. The number of halogens is 3. The van der Waals surface area contributed by atoms with E-state index < -0.39 is 11.7 Å². The first kappa shape index (κ1) is 19.1. The third kappa shape index (κ3) is 3.48. The third-order valence-corrected chi connectivity index (χ3v) is 5.49. The Morgan fingerprint density at radius 2 is 1.93 bits per heavy atom. The molecule has 150 valence electrons. The Morgan fingerprint density at radius 3 is 2.55 bits per heavy atom. The summed E-state index contributed by atoms with van der Waals surface area (Å²) >= 11 is 1.30. The lowest BCUT2D eigenvalue weighted by Gasteiger charge is -2.09. The van der Waals surface area contributed by atoms with Gasteiger partial charge in [0.05, 0.1) is 21.8 Å². The molecule has 0 saturated carbocycles. The van der Waals surface area contributed by atoms with Gasteiger partial charge in [0.2, 0.25) is 0 Å². The second-order valence-electron chi connectivity index (χ2n) is 6.48. The Balaban J connectivity index is 1.64. The van der Waals surface area contributed by atoms with E-state index in [1.165, 1.54) is 22.1 Å². The van der Waals surface area contributed by atoms with Gasteiger partial charge in [-0.25, -0.2) is 4.98 Å². The van der Waals surface area contributed by atoms with E-state index in [-0.39, 0.29) is 11.7 Å². The first-order chi connectivity index (χ1) is 13.6. The van der Waals surface area contributed by atoms with Crippen LogP contribution in [0.2, 0.25) is 0 Å². The monoisotopic (exact) mass is 420 g/mol. The van der Waals surface area contributed by atoms with Gasteiger partial charge in [0, 0.05) is 24.7 Å². The normalized spacial score (nSPS) is 11.9. The van der Waals surface area contributed by atoms with Gasteiger partial charge < -0.3 is 5.32 Å². The van der Waals surface area contributed by atoms with Crippen molar-refractivity contribution >= 4 is 33.3 Å². The predicted molar refractivity (Wildman–Crippen MR) is 102 cm³/mol. The van der Waals surface area contributed by atoms with Crippen molar-refractivity contribution in [1.29, 1.82) is 0 Å². The molecular formula is C18H15F3N6OS. The number of nitrogens with zero attached hydrogens (tertiary/aromatic N) is 5. The molecule has 0 radical (unpaired) electrons. The molecule has 0 aliphatic carbocycles. The number of thiophene rings is 1. The standard InChI is InChI=1S/C18H15F3N6OS/c1-9-6-15(27(24-9)14-5-4-11(8-22-14)18(19,20)21)23-16(28)13-7-12-10(2)25-26(3)17(12)29-13/h4-8H,1-3H3,(H,23,28). The number of nitrogens with one attached hydrogen (secondary N) is 1. The number of pyridine rings is 1. The molecule has 4 aromatic rings. The van der Waals surface area contributed by atoms with Gasteiger partial charge in [-0.15, -0.1) is 11.3 Å². The number of anilines is 1. The number of fused-ring (bicyclic) bond motifs is 1. The molecule has 4 heterocycles. The maximum atomic E-state index is 12.8. The molecule has 1 N–H and O–H groups in total. The van der Waals surface area contributed by atoms with E-state index in [2.05, 4.69) is 20.5 Å². The van der Waals surface area contributed by atoms with Gasteiger partial charge >= 0.3 is 6.18 Å². The molecule has 0 atom stereocenters. The van der Waals surface area contributed by atoms with Crippen molar-refractivity contribution in [2.45, 2.75) is 20.0 Å². The quantitative estimate of drug-likeness (QED) is 0.541. The third-order valence-electron chi connectivity index (χ3n) is 4.29. The van der Waals surface area contributed by atoms with Gasteiger partial charge in [-0.2, -0.15) is 28.1 Å². The fourth-order valence-electron chi connectivity index (χ4n) is 2.94. The Hall–Kier alpha value is -3.21. The topological polar surface area (TPSA) is 77.6 Å².